The standard InChI is InChI=1S/2C17H24P.Zr/c2*1-3-5-11-18(12-6-4-2)17-13-15-9-7-8-10-16(15)14-17;/h2*7-10,13-14H,3-6,11-12H2,1-2H3;. The summed E-state index contributed by atoms with van der Waals surface area (Å²) in [7, 11) is -0.0112. The van der Waals surface area contributed by atoms with Crippen molar-refractivity contribution in [3.05, 3.63) is 81.4 Å². The van der Waals surface area contributed by atoms with Crippen LogP contribution in [-0.4, -0.2) is 24.6 Å². The predicted octanol–water partition coefficient (Wildman–Crippen LogP) is 11.4. The molecule has 2 atom stereocenters. The molecular weight excluding hydrogens is 562 g/mol. The maximum absolute atomic E-state index is 2.69. The van der Waals surface area contributed by atoms with E-state index in [0.717, 1.165) is 7.25 Å². The molecule has 2 aromatic rings. The molecule has 2 unspecified atom stereocenters. The van der Waals surface area contributed by atoms with Gasteiger partial charge >= 0.3 is 244 Å². The van der Waals surface area contributed by atoms with E-state index in [-0.39, 0.29) is 15.8 Å². The van der Waals surface area contributed by atoms with Gasteiger partial charge in [0.2, 0.25) is 0 Å². The topological polar surface area (TPSA) is 0 Å². The van der Waals surface area contributed by atoms with Crippen LogP contribution in [0, 0.1) is 0 Å². The van der Waals surface area contributed by atoms with Crippen LogP contribution in [0.5, 0.6) is 0 Å². The molecule has 2 aliphatic rings. The molecule has 0 bridgehead atoms. The summed E-state index contributed by atoms with van der Waals surface area (Å²) in [6, 6.07) is 19.0. The van der Waals surface area contributed by atoms with Crippen LogP contribution in [0.3, 0.4) is 0 Å². The Morgan fingerprint density at radius 1 is 0.541 bits per heavy atom. The summed E-state index contributed by atoms with van der Waals surface area (Å²) in [5, 5.41) is 3.81. The van der Waals surface area contributed by atoms with Crippen molar-refractivity contribution in [3.8, 4) is 0 Å². The van der Waals surface area contributed by atoms with E-state index < -0.39 is 23.2 Å². The molecule has 0 heterocycles. The Hall–Kier alpha value is -0.337. The molecule has 3 heteroatoms. The number of benzene rings is 2. The van der Waals surface area contributed by atoms with Crippen molar-refractivity contribution in [1.82, 2.24) is 0 Å². The first-order chi connectivity index (χ1) is 18.2. The van der Waals surface area contributed by atoms with Crippen LogP contribution in [0.25, 0.3) is 12.2 Å². The molecule has 2 aromatic carbocycles. The molecule has 0 radical (unpaired) electrons. The number of fused-ring (bicyclic) bond motifs is 2. The van der Waals surface area contributed by atoms with Crippen molar-refractivity contribution in [2.75, 3.05) is 24.6 Å². The van der Waals surface area contributed by atoms with Gasteiger partial charge in [-0.15, -0.1) is 0 Å². The normalized spacial score (nSPS) is 18.2. The van der Waals surface area contributed by atoms with Crippen molar-refractivity contribution < 1.29 is 23.2 Å². The Bertz CT molecular complexity index is 956. The Kier molecular flexibility index (Phi) is 12.4. The van der Waals surface area contributed by atoms with Crippen molar-refractivity contribution in [2.24, 2.45) is 0 Å². The molecule has 0 N–H and O–H groups in total. The summed E-state index contributed by atoms with van der Waals surface area (Å²) < 4.78 is 1.54. The second-order valence-electron chi connectivity index (χ2n) is 10.8. The molecule has 0 saturated carbocycles. The Morgan fingerprint density at radius 2 is 0.892 bits per heavy atom. The van der Waals surface area contributed by atoms with Crippen LogP contribution in [0.4, 0.5) is 0 Å². The van der Waals surface area contributed by atoms with E-state index in [1.165, 1.54) is 76.0 Å². The third-order valence-electron chi connectivity index (χ3n) is 8.00. The van der Waals surface area contributed by atoms with Gasteiger partial charge in [0.15, 0.2) is 0 Å². The van der Waals surface area contributed by atoms with E-state index in [9.17, 15) is 0 Å². The van der Waals surface area contributed by atoms with E-state index in [2.05, 4.69) is 88.4 Å². The van der Waals surface area contributed by atoms with Gasteiger partial charge in [0.05, 0.1) is 0 Å². The van der Waals surface area contributed by atoms with E-state index in [1.807, 2.05) is 10.6 Å². The van der Waals surface area contributed by atoms with Crippen molar-refractivity contribution in [2.45, 2.75) is 86.3 Å². The predicted molar refractivity (Wildman–Crippen MR) is 167 cm³/mol. The fourth-order valence-corrected chi connectivity index (χ4v) is 19.6. The van der Waals surface area contributed by atoms with E-state index in [1.54, 1.807) is 22.3 Å². The first-order valence-corrected chi connectivity index (χ1v) is 21.3. The van der Waals surface area contributed by atoms with E-state index in [0.29, 0.717) is 0 Å². The molecule has 2 aliphatic carbocycles. The average Bonchev–Trinajstić information content (AvgIpc) is 3.48. The first kappa shape index (κ1) is 29.6. The molecule has 198 valence electrons. The molecule has 0 spiro atoms. The fraction of sp³-hybridized carbons (Fsp3) is 0.529. The molecule has 0 aliphatic heterocycles. The van der Waals surface area contributed by atoms with Gasteiger partial charge in [-0.2, -0.15) is 0 Å². The zero-order valence-corrected chi connectivity index (χ0v) is 28.1. The molecule has 37 heavy (non-hydrogen) atoms. The van der Waals surface area contributed by atoms with Gasteiger partial charge in [-0.3, -0.25) is 0 Å². The number of hydrogen-bond acceptors (Lipinski definition) is 0. The minimum absolute atomic E-state index is 0.00559. The second-order valence-corrected chi connectivity index (χ2v) is 19.5. The number of allylic oxidation sites excluding steroid dienone is 2. The summed E-state index contributed by atoms with van der Waals surface area (Å²) >= 11 is -0.814. The van der Waals surface area contributed by atoms with Crippen molar-refractivity contribution >= 4 is 28.0 Å². The minimum atomic E-state index is -0.814. The Balaban J connectivity index is 1.69. The average molecular weight is 610 g/mol. The van der Waals surface area contributed by atoms with Gasteiger partial charge in [0, 0.05) is 0 Å². The van der Waals surface area contributed by atoms with Crippen LogP contribution in [0.1, 0.15) is 109 Å². The molecular formula is C34H48P2Zr. The Labute approximate surface area is 242 Å². The molecule has 0 saturated heterocycles. The SMILES string of the molecule is CCCCP(CCCC)C1=Cc2ccccc2[CH]1[Zr][CH]1C(P(CCCC)CCCC)=Cc2ccccc21. The van der Waals surface area contributed by atoms with Crippen LogP contribution < -0.4 is 0 Å². The zero-order valence-electron chi connectivity index (χ0n) is 23.8. The van der Waals surface area contributed by atoms with Gasteiger partial charge in [-0.1, -0.05) is 0 Å². The van der Waals surface area contributed by atoms with Gasteiger partial charge in [0.1, 0.15) is 0 Å². The second kappa shape index (κ2) is 15.5. The summed E-state index contributed by atoms with van der Waals surface area (Å²) in [6.07, 6.45) is 22.1. The summed E-state index contributed by atoms with van der Waals surface area (Å²) in [5.41, 5.74) is 6.50. The number of hydrogen-bond donors (Lipinski definition) is 0. The monoisotopic (exact) mass is 608 g/mol. The summed E-state index contributed by atoms with van der Waals surface area (Å²) in [5.74, 6) is 0. The molecule has 0 amide bonds. The molecule has 0 fully saturated rings. The third kappa shape index (κ3) is 7.45. The van der Waals surface area contributed by atoms with E-state index >= 15 is 0 Å². The van der Waals surface area contributed by atoms with Gasteiger partial charge < -0.3 is 0 Å². The van der Waals surface area contributed by atoms with Crippen LogP contribution in [0.15, 0.2) is 59.2 Å². The summed E-state index contributed by atoms with van der Waals surface area (Å²) in [4.78, 5) is 0. The van der Waals surface area contributed by atoms with Crippen LogP contribution in [-0.2, 0) is 23.2 Å². The quantitative estimate of drug-likeness (QED) is 0.166. The first-order valence-electron chi connectivity index (χ1n) is 15.1. The number of rotatable bonds is 16. The maximum atomic E-state index is 2.69. The molecule has 0 aromatic heterocycles. The molecule has 4 rings (SSSR count). The van der Waals surface area contributed by atoms with Crippen LogP contribution >= 0.6 is 15.8 Å². The van der Waals surface area contributed by atoms with Crippen LogP contribution in [0.2, 0.25) is 0 Å². The number of unbranched alkanes of at least 4 members (excludes halogenated alkanes) is 4. The van der Waals surface area contributed by atoms with Crippen molar-refractivity contribution in [3.63, 3.8) is 0 Å². The van der Waals surface area contributed by atoms with Gasteiger partial charge in [-0.25, -0.2) is 0 Å². The zero-order chi connectivity index (χ0) is 26.0. The summed E-state index contributed by atoms with van der Waals surface area (Å²) in [6.45, 7) is 9.50. The van der Waals surface area contributed by atoms with Gasteiger partial charge in [-0.05, 0) is 0 Å². The third-order valence-corrected chi connectivity index (χ3v) is 19.6. The van der Waals surface area contributed by atoms with Gasteiger partial charge in [0.25, 0.3) is 0 Å². The fourth-order valence-electron chi connectivity index (χ4n) is 5.82. The van der Waals surface area contributed by atoms with Crippen molar-refractivity contribution in [1.29, 1.82) is 0 Å². The molecule has 0 nitrogen and oxygen atoms in total. The Morgan fingerprint density at radius 3 is 1.24 bits per heavy atom. The van der Waals surface area contributed by atoms with E-state index in [4.69, 9.17) is 0 Å².